The fourth-order valence-electron chi connectivity index (χ4n) is 3.52. The Bertz CT molecular complexity index is 991. The van der Waals surface area contributed by atoms with E-state index in [0.29, 0.717) is 5.56 Å². The third kappa shape index (κ3) is 2.71. The SMILES string of the molecule is Cc1c([C@H]2C[C@H](F)[C@H](F)c3cc(F)cc(C#N)c32)cc(F)c(Cl)c1C#N. The molecule has 0 amide bonds. The van der Waals surface area contributed by atoms with Crippen LogP contribution in [0.15, 0.2) is 18.2 Å². The van der Waals surface area contributed by atoms with E-state index < -0.39 is 29.9 Å². The highest BCUT2D eigenvalue weighted by molar-refractivity contribution is 6.32. The first-order chi connectivity index (χ1) is 12.3. The molecule has 0 aromatic heterocycles. The predicted molar refractivity (Wildman–Crippen MR) is 87.2 cm³/mol. The maximum atomic E-state index is 14.3. The lowest BCUT2D eigenvalue weighted by Gasteiger charge is -2.32. The van der Waals surface area contributed by atoms with Crippen molar-refractivity contribution in [1.82, 2.24) is 0 Å². The number of halogens is 5. The van der Waals surface area contributed by atoms with Crippen molar-refractivity contribution in [2.24, 2.45) is 0 Å². The summed E-state index contributed by atoms with van der Waals surface area (Å²) in [7, 11) is 0. The minimum Gasteiger partial charge on any atom is -0.244 e. The van der Waals surface area contributed by atoms with Gasteiger partial charge in [-0.1, -0.05) is 11.6 Å². The monoisotopic (exact) mass is 378 g/mol. The molecule has 0 saturated carbocycles. The zero-order chi connectivity index (χ0) is 19.2. The van der Waals surface area contributed by atoms with Crippen molar-refractivity contribution in [3.8, 4) is 12.1 Å². The summed E-state index contributed by atoms with van der Waals surface area (Å²) in [6.07, 6.45) is -4.40. The number of nitriles is 2. The van der Waals surface area contributed by atoms with E-state index in [4.69, 9.17) is 11.6 Å². The minimum absolute atomic E-state index is 0.110. The minimum atomic E-state index is -2.09. The molecule has 0 fully saturated rings. The van der Waals surface area contributed by atoms with Crippen molar-refractivity contribution in [1.29, 1.82) is 10.5 Å². The fourth-order valence-corrected chi connectivity index (χ4v) is 3.76. The molecule has 2 nitrogen and oxygen atoms in total. The van der Waals surface area contributed by atoms with Gasteiger partial charge in [0, 0.05) is 5.92 Å². The van der Waals surface area contributed by atoms with Gasteiger partial charge in [-0.25, -0.2) is 17.6 Å². The molecule has 2 aromatic carbocycles. The topological polar surface area (TPSA) is 47.6 Å². The second kappa shape index (κ2) is 6.63. The Kier molecular flexibility index (Phi) is 4.64. The van der Waals surface area contributed by atoms with E-state index in [2.05, 4.69) is 0 Å². The zero-order valence-electron chi connectivity index (χ0n) is 13.5. The van der Waals surface area contributed by atoms with E-state index in [1.54, 1.807) is 12.1 Å². The molecular weight excluding hydrogens is 368 g/mol. The molecule has 2 aromatic rings. The molecule has 0 unspecified atom stereocenters. The standard InChI is InChI=1S/C19H11ClF4N2/c1-8-11(4-15(22)18(20)14(8)7-26)12-5-16(23)19(24)13-3-10(21)2-9(6-25)17(12)13/h2-4,12,16,19H,5H2,1H3/t12-,16+,19-/m1/s1. The molecule has 0 aliphatic heterocycles. The molecule has 0 heterocycles. The Morgan fingerprint density at radius 2 is 1.77 bits per heavy atom. The Balaban J connectivity index is 2.34. The molecular formula is C19H11ClF4N2. The number of hydrogen-bond acceptors (Lipinski definition) is 2. The highest BCUT2D eigenvalue weighted by atomic mass is 35.5. The first-order valence-corrected chi connectivity index (χ1v) is 8.08. The molecule has 3 rings (SSSR count). The third-order valence-electron chi connectivity index (χ3n) is 4.73. The lowest BCUT2D eigenvalue weighted by Crippen LogP contribution is -2.25. The molecule has 0 spiro atoms. The first-order valence-electron chi connectivity index (χ1n) is 7.70. The largest absolute Gasteiger partial charge is 0.244 e. The number of rotatable bonds is 1. The van der Waals surface area contributed by atoms with Crippen LogP contribution in [-0.2, 0) is 0 Å². The summed E-state index contributed by atoms with van der Waals surface area (Å²) >= 11 is 5.81. The summed E-state index contributed by atoms with van der Waals surface area (Å²) < 4.78 is 56.5. The van der Waals surface area contributed by atoms with Gasteiger partial charge in [-0.2, -0.15) is 10.5 Å². The van der Waals surface area contributed by atoms with Gasteiger partial charge in [-0.15, -0.1) is 0 Å². The van der Waals surface area contributed by atoms with E-state index in [9.17, 15) is 28.1 Å². The van der Waals surface area contributed by atoms with Crippen LogP contribution in [0, 0.1) is 41.2 Å². The summed E-state index contributed by atoms with van der Waals surface area (Å²) in [6, 6.07) is 6.44. The number of alkyl halides is 2. The highest BCUT2D eigenvalue weighted by Gasteiger charge is 2.39. The molecule has 132 valence electrons. The van der Waals surface area contributed by atoms with Gasteiger partial charge in [-0.05, 0) is 53.8 Å². The maximum Gasteiger partial charge on any atom is 0.157 e. The predicted octanol–water partition coefficient (Wildman–Crippen LogP) is 5.55. The van der Waals surface area contributed by atoms with Crippen LogP contribution in [0.3, 0.4) is 0 Å². The Labute approximate surface area is 152 Å². The average Bonchev–Trinajstić information content (AvgIpc) is 2.61. The molecule has 26 heavy (non-hydrogen) atoms. The summed E-state index contributed by atoms with van der Waals surface area (Å²) in [5, 5.41) is 18.2. The second-order valence-corrected chi connectivity index (χ2v) is 6.53. The summed E-state index contributed by atoms with van der Waals surface area (Å²) in [5.74, 6) is -2.63. The highest BCUT2D eigenvalue weighted by Crippen LogP contribution is 2.47. The van der Waals surface area contributed by atoms with Gasteiger partial charge in [-0.3, -0.25) is 0 Å². The summed E-state index contributed by atoms with van der Waals surface area (Å²) in [6.45, 7) is 1.52. The van der Waals surface area contributed by atoms with Gasteiger partial charge in [0.1, 0.15) is 23.9 Å². The second-order valence-electron chi connectivity index (χ2n) is 6.15. The van der Waals surface area contributed by atoms with Crippen molar-refractivity contribution in [2.45, 2.75) is 31.6 Å². The maximum absolute atomic E-state index is 14.3. The number of benzene rings is 2. The molecule has 1 aliphatic carbocycles. The molecule has 0 radical (unpaired) electrons. The van der Waals surface area contributed by atoms with Crippen molar-refractivity contribution < 1.29 is 17.6 Å². The lowest BCUT2D eigenvalue weighted by molar-refractivity contribution is 0.141. The van der Waals surface area contributed by atoms with E-state index in [1.165, 1.54) is 6.92 Å². The van der Waals surface area contributed by atoms with E-state index in [1.807, 2.05) is 0 Å². The molecule has 3 atom stereocenters. The van der Waals surface area contributed by atoms with E-state index in [-0.39, 0.29) is 39.3 Å². The van der Waals surface area contributed by atoms with Crippen LogP contribution in [0.1, 0.15) is 51.9 Å². The van der Waals surface area contributed by atoms with E-state index in [0.717, 1.165) is 18.2 Å². The van der Waals surface area contributed by atoms with Crippen LogP contribution in [0.2, 0.25) is 5.02 Å². The molecule has 0 saturated heterocycles. The molecule has 0 bridgehead atoms. The van der Waals surface area contributed by atoms with Crippen LogP contribution in [0.5, 0.6) is 0 Å². The summed E-state index contributed by atoms with van der Waals surface area (Å²) in [4.78, 5) is 0. The quantitative estimate of drug-likeness (QED) is 0.610. The van der Waals surface area contributed by atoms with E-state index >= 15 is 0 Å². The van der Waals surface area contributed by atoms with Gasteiger partial charge in [0.15, 0.2) is 6.17 Å². The van der Waals surface area contributed by atoms with Crippen molar-refractivity contribution in [2.75, 3.05) is 0 Å². The van der Waals surface area contributed by atoms with Crippen LogP contribution in [0.25, 0.3) is 0 Å². The molecule has 0 N–H and O–H groups in total. The fraction of sp³-hybridized carbons (Fsp3) is 0.263. The van der Waals surface area contributed by atoms with Gasteiger partial charge in [0.25, 0.3) is 0 Å². The van der Waals surface area contributed by atoms with Crippen LogP contribution in [0.4, 0.5) is 17.6 Å². The van der Waals surface area contributed by atoms with Gasteiger partial charge in [0.2, 0.25) is 0 Å². The smallest absolute Gasteiger partial charge is 0.157 e. The number of hydrogen-bond donors (Lipinski definition) is 0. The Hall–Kier alpha value is -2.57. The first kappa shape index (κ1) is 18.2. The lowest BCUT2D eigenvalue weighted by atomic mass is 9.74. The molecule has 7 heteroatoms. The normalized spacial score (nSPS) is 21.6. The van der Waals surface area contributed by atoms with Crippen molar-refractivity contribution in [3.05, 3.63) is 68.2 Å². The summed E-state index contributed by atoms with van der Waals surface area (Å²) in [5.41, 5.74) is 0.131. The third-order valence-corrected chi connectivity index (χ3v) is 5.10. The molecule has 1 aliphatic rings. The van der Waals surface area contributed by atoms with Crippen molar-refractivity contribution in [3.63, 3.8) is 0 Å². The average molecular weight is 379 g/mol. The van der Waals surface area contributed by atoms with Gasteiger partial charge in [0.05, 0.1) is 22.2 Å². The van der Waals surface area contributed by atoms with Crippen LogP contribution >= 0.6 is 11.6 Å². The van der Waals surface area contributed by atoms with Crippen LogP contribution in [-0.4, -0.2) is 6.17 Å². The Morgan fingerprint density at radius 3 is 2.38 bits per heavy atom. The van der Waals surface area contributed by atoms with Crippen LogP contribution < -0.4 is 0 Å². The van der Waals surface area contributed by atoms with Gasteiger partial charge < -0.3 is 0 Å². The van der Waals surface area contributed by atoms with Crippen molar-refractivity contribution >= 4 is 11.6 Å². The zero-order valence-corrected chi connectivity index (χ0v) is 14.2. The number of fused-ring (bicyclic) bond motifs is 1. The Morgan fingerprint density at radius 1 is 1.08 bits per heavy atom. The number of nitrogens with zero attached hydrogens (tertiary/aromatic N) is 2. The van der Waals surface area contributed by atoms with Gasteiger partial charge >= 0.3 is 0 Å².